The maximum Gasteiger partial charge on any atom is 0.255 e. The van der Waals surface area contributed by atoms with Crippen LogP contribution in [0.3, 0.4) is 0 Å². The SMILES string of the molecule is COc1ccc2c(N)nn(C(=O)C3CCOc4ccc(Cl)cc43)c2c1. The summed E-state index contributed by atoms with van der Waals surface area (Å²) >= 11 is 6.11. The number of aromatic nitrogens is 2. The van der Waals surface area contributed by atoms with Crippen molar-refractivity contribution in [3.05, 3.63) is 47.0 Å². The number of halogens is 1. The second-order valence-electron chi connectivity index (χ2n) is 5.89. The minimum Gasteiger partial charge on any atom is -0.497 e. The summed E-state index contributed by atoms with van der Waals surface area (Å²) in [7, 11) is 1.57. The normalized spacial score (nSPS) is 16.3. The zero-order valence-electron chi connectivity index (χ0n) is 13.5. The van der Waals surface area contributed by atoms with Crippen molar-refractivity contribution in [2.75, 3.05) is 19.5 Å². The predicted octanol–water partition coefficient (Wildman–Crippen LogP) is 3.49. The molecule has 2 N–H and O–H groups in total. The van der Waals surface area contributed by atoms with E-state index in [1.54, 1.807) is 43.5 Å². The first-order valence-electron chi connectivity index (χ1n) is 7.87. The molecule has 128 valence electrons. The van der Waals surface area contributed by atoms with Gasteiger partial charge >= 0.3 is 0 Å². The molecule has 2 heterocycles. The van der Waals surface area contributed by atoms with Crippen molar-refractivity contribution in [3.8, 4) is 11.5 Å². The molecule has 1 aromatic heterocycles. The molecule has 0 bridgehead atoms. The molecule has 6 nitrogen and oxygen atoms in total. The molecule has 25 heavy (non-hydrogen) atoms. The minimum absolute atomic E-state index is 0.165. The lowest BCUT2D eigenvalue weighted by atomic mass is 9.92. The van der Waals surface area contributed by atoms with Crippen LogP contribution < -0.4 is 15.2 Å². The summed E-state index contributed by atoms with van der Waals surface area (Å²) in [5.74, 6) is 1.06. The average Bonchev–Trinajstić information content (AvgIpc) is 2.96. The van der Waals surface area contributed by atoms with Crippen molar-refractivity contribution in [3.63, 3.8) is 0 Å². The van der Waals surface area contributed by atoms with Crippen molar-refractivity contribution in [2.45, 2.75) is 12.3 Å². The van der Waals surface area contributed by atoms with Gasteiger partial charge in [-0.05, 0) is 36.8 Å². The van der Waals surface area contributed by atoms with Gasteiger partial charge in [-0.2, -0.15) is 4.68 Å². The summed E-state index contributed by atoms with van der Waals surface area (Å²) in [6.45, 7) is 0.461. The summed E-state index contributed by atoms with van der Waals surface area (Å²) in [5.41, 5.74) is 7.38. The fraction of sp³-hybridized carbons (Fsp3) is 0.222. The lowest BCUT2D eigenvalue weighted by Crippen LogP contribution is -2.26. The number of hydrogen-bond acceptors (Lipinski definition) is 5. The first-order chi connectivity index (χ1) is 12.1. The van der Waals surface area contributed by atoms with Crippen LogP contribution in [0.25, 0.3) is 10.9 Å². The zero-order chi connectivity index (χ0) is 17.6. The van der Waals surface area contributed by atoms with Crippen LogP contribution in [0.15, 0.2) is 36.4 Å². The number of carbonyl (C=O) groups excluding carboxylic acids is 1. The van der Waals surface area contributed by atoms with Crippen LogP contribution in [-0.4, -0.2) is 29.4 Å². The number of methoxy groups -OCH3 is 1. The Morgan fingerprint density at radius 3 is 3.00 bits per heavy atom. The van der Waals surface area contributed by atoms with Crippen LogP contribution in [0, 0.1) is 0 Å². The lowest BCUT2D eigenvalue weighted by Gasteiger charge is -2.25. The van der Waals surface area contributed by atoms with Gasteiger partial charge in [0.2, 0.25) is 0 Å². The first kappa shape index (κ1) is 15.8. The fourth-order valence-electron chi connectivity index (χ4n) is 3.18. The highest BCUT2D eigenvalue weighted by atomic mass is 35.5. The molecule has 2 aromatic carbocycles. The second-order valence-corrected chi connectivity index (χ2v) is 6.33. The maximum absolute atomic E-state index is 13.2. The van der Waals surface area contributed by atoms with Crippen LogP contribution in [0.5, 0.6) is 11.5 Å². The first-order valence-corrected chi connectivity index (χ1v) is 8.25. The highest BCUT2D eigenvalue weighted by Crippen LogP contribution is 2.37. The van der Waals surface area contributed by atoms with Crippen molar-refractivity contribution in [2.24, 2.45) is 0 Å². The highest BCUT2D eigenvalue weighted by Gasteiger charge is 2.31. The number of benzene rings is 2. The zero-order valence-corrected chi connectivity index (χ0v) is 14.3. The number of hydrogen-bond donors (Lipinski definition) is 1. The van der Waals surface area contributed by atoms with Crippen molar-refractivity contribution in [1.82, 2.24) is 9.78 Å². The van der Waals surface area contributed by atoms with Gasteiger partial charge in [-0.15, -0.1) is 5.10 Å². The molecule has 3 aromatic rings. The Hall–Kier alpha value is -2.73. The van der Waals surface area contributed by atoms with E-state index in [-0.39, 0.29) is 5.91 Å². The standard InChI is InChI=1S/C18H16ClN3O3/c1-24-11-3-4-13-15(9-11)22(21-17(13)20)18(23)12-6-7-25-16-5-2-10(19)8-14(12)16/h2-5,8-9,12H,6-7H2,1H3,(H2,20,21). The Labute approximate surface area is 149 Å². The third-order valence-electron chi connectivity index (χ3n) is 4.43. The Morgan fingerprint density at radius 2 is 2.20 bits per heavy atom. The maximum atomic E-state index is 13.2. The van der Waals surface area contributed by atoms with Gasteiger partial charge in [0.15, 0.2) is 5.82 Å². The lowest BCUT2D eigenvalue weighted by molar-refractivity contribution is 0.0839. The number of anilines is 1. The van der Waals surface area contributed by atoms with E-state index in [2.05, 4.69) is 5.10 Å². The molecular weight excluding hydrogens is 342 g/mol. The highest BCUT2D eigenvalue weighted by molar-refractivity contribution is 6.30. The predicted molar refractivity (Wildman–Crippen MR) is 95.6 cm³/mol. The minimum atomic E-state index is -0.392. The Kier molecular flexibility index (Phi) is 3.77. The number of rotatable bonds is 2. The number of nitrogens with two attached hydrogens (primary N) is 1. The summed E-state index contributed by atoms with van der Waals surface area (Å²) in [4.78, 5) is 13.2. The van der Waals surface area contributed by atoms with Gasteiger partial charge in [-0.25, -0.2) is 0 Å². The monoisotopic (exact) mass is 357 g/mol. The fourth-order valence-corrected chi connectivity index (χ4v) is 3.36. The van der Waals surface area contributed by atoms with Gasteiger partial charge in [-0.1, -0.05) is 11.6 Å². The van der Waals surface area contributed by atoms with Gasteiger partial charge in [-0.3, -0.25) is 4.79 Å². The second kappa shape index (κ2) is 5.97. The third-order valence-corrected chi connectivity index (χ3v) is 4.67. The van der Waals surface area contributed by atoms with Crippen LogP contribution >= 0.6 is 11.6 Å². The molecular formula is C18H16ClN3O3. The van der Waals surface area contributed by atoms with E-state index < -0.39 is 5.92 Å². The number of fused-ring (bicyclic) bond motifs is 2. The molecule has 0 aliphatic carbocycles. The molecule has 1 atom stereocenters. The molecule has 1 unspecified atom stereocenters. The van der Waals surface area contributed by atoms with Crippen LogP contribution in [0.1, 0.15) is 22.7 Å². The molecule has 7 heteroatoms. The molecule has 4 rings (SSSR count). The number of nitrogen functional groups attached to an aromatic ring is 1. The molecule has 1 aliphatic rings. The van der Waals surface area contributed by atoms with Crippen LogP contribution in [-0.2, 0) is 0 Å². The molecule has 0 amide bonds. The molecule has 1 aliphatic heterocycles. The van der Waals surface area contributed by atoms with Gasteiger partial charge in [0, 0.05) is 22.0 Å². The topological polar surface area (TPSA) is 79.4 Å². The van der Waals surface area contributed by atoms with E-state index in [4.69, 9.17) is 26.8 Å². The number of nitrogens with zero attached hydrogens (tertiary/aromatic N) is 2. The quantitative estimate of drug-likeness (QED) is 0.759. The number of ether oxygens (including phenoxy) is 2. The smallest absolute Gasteiger partial charge is 0.255 e. The van der Waals surface area contributed by atoms with E-state index >= 15 is 0 Å². The van der Waals surface area contributed by atoms with Crippen LogP contribution in [0.4, 0.5) is 5.82 Å². The molecule has 0 saturated heterocycles. The van der Waals surface area contributed by atoms with E-state index in [9.17, 15) is 4.79 Å². The van der Waals surface area contributed by atoms with Crippen molar-refractivity contribution < 1.29 is 14.3 Å². The summed E-state index contributed by atoms with van der Waals surface area (Å²) in [6.07, 6.45) is 0.553. The molecule has 0 spiro atoms. The summed E-state index contributed by atoms with van der Waals surface area (Å²) in [6, 6.07) is 10.7. The molecule has 0 saturated carbocycles. The molecule has 0 fully saturated rings. The average molecular weight is 358 g/mol. The molecule has 0 radical (unpaired) electrons. The number of carbonyl (C=O) groups is 1. The van der Waals surface area contributed by atoms with Crippen molar-refractivity contribution >= 4 is 34.2 Å². The largest absolute Gasteiger partial charge is 0.497 e. The third kappa shape index (κ3) is 2.59. The van der Waals surface area contributed by atoms with Crippen LogP contribution in [0.2, 0.25) is 5.02 Å². The Morgan fingerprint density at radius 1 is 1.36 bits per heavy atom. The van der Waals surface area contributed by atoms with Gasteiger partial charge < -0.3 is 15.2 Å². The summed E-state index contributed by atoms with van der Waals surface area (Å²) < 4.78 is 12.2. The Bertz CT molecular complexity index is 983. The van der Waals surface area contributed by atoms with Gasteiger partial charge in [0.05, 0.1) is 25.2 Å². The van der Waals surface area contributed by atoms with E-state index in [1.807, 2.05) is 0 Å². The summed E-state index contributed by atoms with van der Waals surface area (Å²) in [5, 5.41) is 5.53. The van der Waals surface area contributed by atoms with Crippen molar-refractivity contribution in [1.29, 1.82) is 0 Å². The van der Waals surface area contributed by atoms with E-state index in [0.717, 1.165) is 5.56 Å². The van der Waals surface area contributed by atoms with E-state index in [1.165, 1.54) is 4.68 Å². The van der Waals surface area contributed by atoms with Gasteiger partial charge in [0.1, 0.15) is 11.5 Å². The Balaban J connectivity index is 1.83. The van der Waals surface area contributed by atoms with Gasteiger partial charge in [0.25, 0.3) is 5.91 Å². The van der Waals surface area contributed by atoms with E-state index in [0.29, 0.717) is 46.3 Å².